The molecule has 0 radical (unpaired) electrons. The molecule has 5 N–H and O–H groups in total. The molecule has 0 saturated carbocycles. The second-order valence-electron chi connectivity index (χ2n) is 18.0. The standard InChI is InChI=1S/C46H62N4O11/c1-22(2)21-50-18-16-46(17-19-50)48-34-31-32-39(54)28(8)42-33(31)43(56)45(10,61-42)59-20-15-30(58-11)25(5)38(53)27(7)41(60-29(9)51)26(6)37(52)23(3)13-12-14-24(4)44(57)47-36(40(32)55)35(34)49-46/h12-15,20,22-23,25-27,30,37-38,41,48,52-55H,16-19,21H2,1-11H3/b13-12+,20-15+,24-14-,47-36?/t23-,25-,26+,27+,30-,37-,38+,41+,45-/m0/s1. The number of fused-ring (bicyclic) bond motifs is 1. The van der Waals surface area contributed by atoms with E-state index in [0.29, 0.717) is 24.4 Å². The van der Waals surface area contributed by atoms with Gasteiger partial charge in [-0.2, -0.15) is 0 Å². The molecule has 4 aliphatic heterocycles. The number of phenols is 2. The molecular weight excluding hydrogens is 785 g/mol. The van der Waals surface area contributed by atoms with Crippen LogP contribution < -0.4 is 20.8 Å². The summed E-state index contributed by atoms with van der Waals surface area (Å²) in [7, 11) is 1.46. The van der Waals surface area contributed by atoms with Crippen molar-refractivity contribution in [3.05, 3.63) is 58.0 Å². The quantitative estimate of drug-likeness (QED) is 0.208. The average Bonchev–Trinajstić information content (AvgIpc) is 3.71. The van der Waals surface area contributed by atoms with Gasteiger partial charge < -0.3 is 49.6 Å². The number of Topliss-reactive ketones (excluding diaryl/α,β-unsaturated/α-hetero) is 1. The van der Waals surface area contributed by atoms with Crippen LogP contribution in [0.3, 0.4) is 0 Å². The molecule has 15 heteroatoms. The predicted molar refractivity (Wildman–Crippen MR) is 228 cm³/mol. The van der Waals surface area contributed by atoms with Crippen LogP contribution in [0, 0.1) is 36.5 Å². The Morgan fingerprint density at radius 1 is 0.984 bits per heavy atom. The van der Waals surface area contributed by atoms with Crippen molar-refractivity contribution < 1.29 is 53.8 Å². The van der Waals surface area contributed by atoms with Gasteiger partial charge in [0.15, 0.2) is 5.75 Å². The Morgan fingerprint density at radius 2 is 1.64 bits per heavy atom. The molecule has 4 aliphatic rings. The maximum absolute atomic E-state index is 14.7. The number of aromatic hydroxyl groups is 2. The highest BCUT2D eigenvalue weighted by atomic mass is 16.7. The van der Waals surface area contributed by atoms with Crippen molar-refractivity contribution >= 4 is 34.1 Å². The Kier molecular flexibility index (Phi) is 13.1. The number of carbonyl (C=O) groups excluding carboxylic acids is 3. The van der Waals surface area contributed by atoms with E-state index in [-0.39, 0.29) is 49.7 Å². The van der Waals surface area contributed by atoms with Gasteiger partial charge in [-0.15, -0.1) is 0 Å². The number of ether oxygens (including phenoxy) is 4. The molecule has 1 amide bonds. The van der Waals surface area contributed by atoms with E-state index in [9.17, 15) is 34.8 Å². The molecule has 1 spiro atoms. The largest absolute Gasteiger partial charge is 0.507 e. The minimum Gasteiger partial charge on any atom is -0.507 e. The molecule has 2 aromatic carbocycles. The van der Waals surface area contributed by atoms with E-state index in [0.717, 1.165) is 19.6 Å². The zero-order valence-corrected chi connectivity index (χ0v) is 37.1. The first-order valence-electron chi connectivity index (χ1n) is 21.2. The summed E-state index contributed by atoms with van der Waals surface area (Å²) in [5.41, 5.74) is -0.105. The van der Waals surface area contributed by atoms with Crippen LogP contribution in [-0.2, 0) is 23.8 Å². The number of amides is 1. The van der Waals surface area contributed by atoms with Crippen molar-refractivity contribution in [2.75, 3.05) is 32.1 Å². The molecule has 61 heavy (non-hydrogen) atoms. The van der Waals surface area contributed by atoms with E-state index < -0.39 is 82.9 Å². The number of phenolic OH excluding ortho intramolecular Hbond substituents is 2. The summed E-state index contributed by atoms with van der Waals surface area (Å²) in [6.45, 7) is 19.6. The zero-order valence-electron chi connectivity index (χ0n) is 37.1. The summed E-state index contributed by atoms with van der Waals surface area (Å²) in [4.78, 5) is 52.8. The molecule has 0 aliphatic carbocycles. The third kappa shape index (κ3) is 8.54. The molecule has 2 aromatic rings. The molecule has 9 atom stereocenters. The van der Waals surface area contributed by atoms with Crippen molar-refractivity contribution in [1.29, 1.82) is 0 Å². The number of ketones is 1. The van der Waals surface area contributed by atoms with Crippen molar-refractivity contribution in [2.45, 2.75) is 118 Å². The summed E-state index contributed by atoms with van der Waals surface area (Å²) in [5.74, 6) is -6.57. The number of allylic oxidation sites excluding steroid dienone is 2. The first kappa shape index (κ1) is 45.7. The fraction of sp³-hybridized carbons (Fsp3) is 0.587. The van der Waals surface area contributed by atoms with E-state index in [1.165, 1.54) is 33.3 Å². The number of hydrogen-bond donors (Lipinski definition) is 5. The molecule has 6 rings (SSSR count). The van der Waals surface area contributed by atoms with E-state index in [1.54, 1.807) is 59.8 Å². The fourth-order valence-corrected chi connectivity index (χ4v) is 9.24. The Hall–Kier alpha value is -4.83. The topological polar surface area (TPSA) is 209 Å². The lowest BCUT2D eigenvalue weighted by Gasteiger charge is -2.38. The minimum absolute atomic E-state index is 0.0566. The number of rotatable bonds is 4. The van der Waals surface area contributed by atoms with Crippen LogP contribution in [0.4, 0.5) is 5.69 Å². The Morgan fingerprint density at radius 3 is 2.26 bits per heavy atom. The number of hydrogen-bond acceptors (Lipinski definition) is 14. The molecule has 0 aromatic heterocycles. The van der Waals surface area contributed by atoms with Crippen molar-refractivity contribution in [1.82, 2.24) is 4.90 Å². The minimum atomic E-state index is -1.94. The van der Waals surface area contributed by atoms with E-state index >= 15 is 0 Å². The van der Waals surface area contributed by atoms with Crippen molar-refractivity contribution in [3.63, 3.8) is 0 Å². The number of methoxy groups -OCH3 is 1. The van der Waals surface area contributed by atoms with Crippen LogP contribution in [0.1, 0.15) is 91.1 Å². The molecular formula is C46H62N4O11. The summed E-state index contributed by atoms with van der Waals surface area (Å²) in [6.07, 6.45) is 5.06. The van der Waals surface area contributed by atoms with E-state index in [2.05, 4.69) is 29.1 Å². The lowest BCUT2D eigenvalue weighted by atomic mass is 9.78. The highest BCUT2D eigenvalue weighted by Crippen LogP contribution is 2.51. The zero-order chi connectivity index (χ0) is 44.9. The Labute approximate surface area is 356 Å². The maximum Gasteiger partial charge on any atom is 0.312 e. The van der Waals surface area contributed by atoms with Gasteiger partial charge >= 0.3 is 11.8 Å². The smallest absolute Gasteiger partial charge is 0.312 e. The molecule has 4 heterocycles. The third-order valence-corrected chi connectivity index (χ3v) is 12.9. The highest BCUT2D eigenvalue weighted by molar-refractivity contribution is 6.21. The number of benzene rings is 2. The second kappa shape index (κ2) is 17.5. The van der Waals surface area contributed by atoms with Gasteiger partial charge in [0.1, 0.15) is 34.0 Å². The number of nitrogens with one attached hydrogen (secondary N) is 1. The number of piperidine rings is 1. The van der Waals surface area contributed by atoms with Gasteiger partial charge in [0, 0.05) is 93.6 Å². The number of anilines is 1. The van der Waals surface area contributed by atoms with Gasteiger partial charge in [-0.1, -0.05) is 59.8 Å². The van der Waals surface area contributed by atoms with E-state index in [1.807, 2.05) is 0 Å². The van der Waals surface area contributed by atoms with Gasteiger partial charge in [0.2, 0.25) is 0 Å². The lowest BCUT2D eigenvalue weighted by molar-refractivity contribution is -0.161. The Bertz CT molecular complexity index is 2300. The molecule has 1 saturated heterocycles. The number of nitrogens with zero attached hydrogens (tertiary/aromatic N) is 3. The fourth-order valence-electron chi connectivity index (χ4n) is 9.24. The van der Waals surface area contributed by atoms with E-state index in [4.69, 9.17) is 23.9 Å². The molecule has 15 nitrogen and oxygen atoms in total. The van der Waals surface area contributed by atoms with Crippen LogP contribution in [0.25, 0.3) is 10.8 Å². The predicted octanol–water partition coefficient (Wildman–Crippen LogP) is 4.75. The monoisotopic (exact) mass is 846 g/mol. The summed E-state index contributed by atoms with van der Waals surface area (Å²) >= 11 is 0. The van der Waals surface area contributed by atoms with Crippen LogP contribution in [0.15, 0.2) is 46.1 Å². The number of carbonyl (C=O) groups is 3. The van der Waals surface area contributed by atoms with Crippen LogP contribution in [-0.4, -0.2) is 106 Å². The van der Waals surface area contributed by atoms with Crippen molar-refractivity contribution in [2.24, 2.45) is 39.6 Å². The first-order valence-corrected chi connectivity index (χ1v) is 21.2. The molecule has 1 fully saturated rings. The van der Waals surface area contributed by atoms with Crippen LogP contribution in [0.5, 0.6) is 17.2 Å². The van der Waals surface area contributed by atoms with Gasteiger partial charge in [-0.3, -0.25) is 19.4 Å². The molecule has 332 valence electrons. The SMILES string of the molecule is CO[C@H]1/C=C/O[C@@]2(C)Oc3c(C)c(O)c4c(O)c(c5c(c4c3C2=O)NC2(CCN(CC(C)C)CC2)N=5)=NC(=O)/C(C)=C\C=C\[C@H](C)[C@H](O)[C@@H](C)[C@@H](OC(C)=O)[C@H](C)[C@H](O)[C@H]1C. The van der Waals surface area contributed by atoms with Gasteiger partial charge in [-0.25, -0.2) is 4.99 Å². The molecule has 4 bridgehead atoms. The summed E-state index contributed by atoms with van der Waals surface area (Å²) < 4.78 is 23.9. The first-order chi connectivity index (χ1) is 28.6. The summed E-state index contributed by atoms with van der Waals surface area (Å²) in [6, 6.07) is 0. The lowest BCUT2D eigenvalue weighted by Crippen LogP contribution is -2.47. The van der Waals surface area contributed by atoms with Gasteiger partial charge in [0.05, 0.1) is 41.2 Å². The Balaban J connectivity index is 1.55. The van der Waals surface area contributed by atoms with Crippen LogP contribution in [0.2, 0.25) is 0 Å². The van der Waals surface area contributed by atoms with Crippen molar-refractivity contribution in [3.8, 4) is 17.2 Å². The second-order valence-corrected chi connectivity index (χ2v) is 18.0. The van der Waals surface area contributed by atoms with Crippen LogP contribution >= 0.6 is 0 Å². The number of esters is 1. The third-order valence-electron chi connectivity index (χ3n) is 12.9. The molecule has 0 unspecified atom stereocenters. The maximum atomic E-state index is 14.7. The average molecular weight is 847 g/mol. The number of likely N-dealkylation sites (tertiary alicyclic amines) is 1. The highest BCUT2D eigenvalue weighted by Gasteiger charge is 2.51. The van der Waals surface area contributed by atoms with Gasteiger partial charge in [-0.05, 0) is 25.8 Å². The number of aliphatic hydroxyl groups excluding tert-OH is 2. The summed E-state index contributed by atoms with van der Waals surface area (Å²) in [5, 5.41) is 50.8. The number of aliphatic hydroxyl groups is 2. The van der Waals surface area contributed by atoms with Gasteiger partial charge in [0.25, 0.3) is 11.7 Å². The normalized spacial score (nSPS) is 32.7.